The fourth-order valence-corrected chi connectivity index (χ4v) is 3.29. The van der Waals surface area contributed by atoms with E-state index in [1.54, 1.807) is 0 Å². The van der Waals surface area contributed by atoms with Crippen LogP contribution in [0.5, 0.6) is 0 Å². The second-order valence-corrected chi connectivity index (χ2v) is 5.62. The van der Waals surface area contributed by atoms with E-state index in [4.69, 9.17) is 0 Å². The Morgan fingerprint density at radius 2 is 1.57 bits per heavy atom. The number of para-hydroxylation sites is 1. The van der Waals surface area contributed by atoms with Gasteiger partial charge in [-0.1, -0.05) is 68.8 Å². The summed E-state index contributed by atoms with van der Waals surface area (Å²) in [7, 11) is 0. The van der Waals surface area contributed by atoms with Crippen molar-refractivity contribution in [2.24, 2.45) is 0 Å². The first kappa shape index (κ1) is 13.9. The average molecular weight is 277 g/mol. The molecule has 0 aliphatic carbocycles. The number of hydrogen-bond acceptors (Lipinski definition) is 0. The first-order valence-corrected chi connectivity index (χ1v) is 7.98. The van der Waals surface area contributed by atoms with Gasteiger partial charge in [0, 0.05) is 23.1 Å². The lowest BCUT2D eigenvalue weighted by Crippen LogP contribution is -2.05. The quantitative estimate of drug-likeness (QED) is 0.603. The van der Waals surface area contributed by atoms with Crippen molar-refractivity contribution in [3.8, 4) is 0 Å². The monoisotopic (exact) mass is 277 g/mol. The van der Waals surface area contributed by atoms with Crippen LogP contribution >= 0.6 is 0 Å². The van der Waals surface area contributed by atoms with Gasteiger partial charge in [-0.05, 0) is 30.0 Å². The van der Waals surface area contributed by atoms with Crippen LogP contribution in [0.4, 0.5) is 0 Å². The summed E-state index contributed by atoms with van der Waals surface area (Å²) in [6.07, 6.45) is 3.46. The number of fused-ring (bicyclic) bond motifs is 1. The molecule has 2 aromatic carbocycles. The van der Waals surface area contributed by atoms with Crippen molar-refractivity contribution >= 4 is 10.9 Å². The molecule has 0 aliphatic heterocycles. The summed E-state index contributed by atoms with van der Waals surface area (Å²) in [5.74, 6) is 0. The molecule has 21 heavy (non-hydrogen) atoms. The molecule has 0 saturated carbocycles. The van der Waals surface area contributed by atoms with Crippen molar-refractivity contribution in [3.63, 3.8) is 0 Å². The van der Waals surface area contributed by atoms with Crippen molar-refractivity contribution in [1.82, 2.24) is 4.57 Å². The lowest BCUT2D eigenvalue weighted by atomic mass is 10.1. The summed E-state index contributed by atoms with van der Waals surface area (Å²) in [6, 6.07) is 19.6. The molecule has 0 atom stereocenters. The van der Waals surface area contributed by atoms with E-state index in [-0.39, 0.29) is 0 Å². The summed E-state index contributed by atoms with van der Waals surface area (Å²) in [4.78, 5) is 0. The van der Waals surface area contributed by atoms with Gasteiger partial charge in [0.15, 0.2) is 0 Å². The third-order valence-corrected chi connectivity index (χ3v) is 4.22. The van der Waals surface area contributed by atoms with Gasteiger partial charge in [-0.15, -0.1) is 0 Å². The summed E-state index contributed by atoms with van der Waals surface area (Å²) < 4.78 is 2.52. The predicted molar refractivity (Wildman–Crippen MR) is 90.9 cm³/mol. The van der Waals surface area contributed by atoms with E-state index >= 15 is 0 Å². The molecular weight excluding hydrogens is 254 g/mol. The molecule has 1 heteroatoms. The van der Waals surface area contributed by atoms with Crippen molar-refractivity contribution in [3.05, 3.63) is 71.4 Å². The molecule has 0 fully saturated rings. The fraction of sp³-hybridized carbons (Fsp3) is 0.300. The zero-order chi connectivity index (χ0) is 14.7. The normalized spacial score (nSPS) is 11.1. The summed E-state index contributed by atoms with van der Waals surface area (Å²) >= 11 is 0. The van der Waals surface area contributed by atoms with Gasteiger partial charge in [0.25, 0.3) is 0 Å². The molecule has 1 aromatic heterocycles. The lowest BCUT2D eigenvalue weighted by molar-refractivity contribution is 0.736. The molecule has 0 saturated heterocycles. The molecule has 1 nitrogen and oxygen atoms in total. The molecule has 0 N–H and O–H groups in total. The Balaban J connectivity index is 2.17. The second-order valence-electron chi connectivity index (χ2n) is 5.62. The molecule has 0 spiro atoms. The van der Waals surface area contributed by atoms with Gasteiger partial charge in [-0.2, -0.15) is 0 Å². The van der Waals surface area contributed by atoms with Crippen LogP contribution in [0.1, 0.15) is 37.1 Å². The number of rotatable bonds is 5. The van der Waals surface area contributed by atoms with Crippen LogP contribution in [0.3, 0.4) is 0 Å². The summed E-state index contributed by atoms with van der Waals surface area (Å²) in [5.41, 5.74) is 5.80. The Hall–Kier alpha value is -2.02. The van der Waals surface area contributed by atoms with Crippen LogP contribution in [0.15, 0.2) is 54.6 Å². The van der Waals surface area contributed by atoms with E-state index in [9.17, 15) is 0 Å². The predicted octanol–water partition coefficient (Wildman–Crippen LogP) is 5.20. The second kappa shape index (κ2) is 6.17. The molecule has 0 unspecified atom stereocenters. The number of nitrogens with zero attached hydrogens (tertiary/aromatic N) is 1. The van der Waals surface area contributed by atoms with Gasteiger partial charge in [-0.25, -0.2) is 0 Å². The molecule has 0 bridgehead atoms. The smallest absolute Gasteiger partial charge is 0.0488 e. The molecular formula is C20H23N. The van der Waals surface area contributed by atoms with E-state index in [1.807, 2.05) is 0 Å². The first-order chi connectivity index (χ1) is 10.3. The third kappa shape index (κ3) is 2.61. The van der Waals surface area contributed by atoms with Crippen LogP contribution in [-0.4, -0.2) is 4.57 Å². The molecule has 108 valence electrons. The van der Waals surface area contributed by atoms with Gasteiger partial charge in [0.2, 0.25) is 0 Å². The largest absolute Gasteiger partial charge is 0.340 e. The first-order valence-electron chi connectivity index (χ1n) is 7.98. The minimum atomic E-state index is 0.969. The number of aryl methyl sites for hydroxylation is 1. The molecule has 3 aromatic rings. The van der Waals surface area contributed by atoms with E-state index in [1.165, 1.54) is 34.1 Å². The van der Waals surface area contributed by atoms with Gasteiger partial charge >= 0.3 is 0 Å². The molecule has 0 aliphatic rings. The Bertz CT molecular complexity index is 722. The Morgan fingerprint density at radius 3 is 2.29 bits per heavy atom. The summed E-state index contributed by atoms with van der Waals surface area (Å²) in [5, 5.41) is 1.43. The van der Waals surface area contributed by atoms with Crippen LogP contribution in [-0.2, 0) is 19.4 Å². The molecule has 0 radical (unpaired) electrons. The molecule has 3 rings (SSSR count). The summed E-state index contributed by atoms with van der Waals surface area (Å²) in [6.45, 7) is 5.51. The highest BCUT2D eigenvalue weighted by atomic mass is 15.0. The number of hydrogen-bond donors (Lipinski definition) is 0. The van der Waals surface area contributed by atoms with Crippen LogP contribution < -0.4 is 0 Å². The Morgan fingerprint density at radius 1 is 0.857 bits per heavy atom. The SMILES string of the molecule is CCCc1c(CC)c2ccccc2n1Cc1ccccc1. The minimum Gasteiger partial charge on any atom is -0.340 e. The maximum atomic E-state index is 2.52. The average Bonchev–Trinajstić information content (AvgIpc) is 2.82. The van der Waals surface area contributed by atoms with Crippen molar-refractivity contribution < 1.29 is 0 Å². The maximum Gasteiger partial charge on any atom is 0.0488 e. The van der Waals surface area contributed by atoms with Gasteiger partial charge < -0.3 is 4.57 Å². The highest BCUT2D eigenvalue weighted by Crippen LogP contribution is 2.28. The zero-order valence-corrected chi connectivity index (χ0v) is 13.0. The van der Waals surface area contributed by atoms with Gasteiger partial charge in [0.05, 0.1) is 0 Å². The zero-order valence-electron chi connectivity index (χ0n) is 13.0. The number of aromatic nitrogens is 1. The maximum absolute atomic E-state index is 2.52. The lowest BCUT2D eigenvalue weighted by Gasteiger charge is -2.11. The Kier molecular flexibility index (Phi) is 4.10. The highest BCUT2D eigenvalue weighted by Gasteiger charge is 2.14. The van der Waals surface area contributed by atoms with Crippen molar-refractivity contribution in [2.75, 3.05) is 0 Å². The van der Waals surface area contributed by atoms with E-state index in [0.29, 0.717) is 0 Å². The number of benzene rings is 2. The highest BCUT2D eigenvalue weighted by molar-refractivity contribution is 5.85. The third-order valence-electron chi connectivity index (χ3n) is 4.22. The van der Waals surface area contributed by atoms with Crippen LogP contribution in [0.25, 0.3) is 10.9 Å². The standard InChI is InChI=1S/C20H23N/c1-3-10-19-17(4-2)18-13-8-9-14-20(18)21(19)15-16-11-6-5-7-12-16/h5-9,11-14H,3-4,10,15H2,1-2H3. The van der Waals surface area contributed by atoms with Crippen LogP contribution in [0, 0.1) is 0 Å². The van der Waals surface area contributed by atoms with Gasteiger partial charge in [0.1, 0.15) is 0 Å². The van der Waals surface area contributed by atoms with E-state index in [0.717, 1.165) is 19.4 Å². The van der Waals surface area contributed by atoms with Crippen LogP contribution in [0.2, 0.25) is 0 Å². The van der Waals surface area contributed by atoms with Crippen molar-refractivity contribution in [2.45, 2.75) is 39.7 Å². The van der Waals surface area contributed by atoms with E-state index < -0.39 is 0 Å². The fourth-order valence-electron chi connectivity index (χ4n) is 3.29. The van der Waals surface area contributed by atoms with Gasteiger partial charge in [-0.3, -0.25) is 0 Å². The molecule has 0 amide bonds. The topological polar surface area (TPSA) is 4.93 Å². The van der Waals surface area contributed by atoms with Crippen molar-refractivity contribution in [1.29, 1.82) is 0 Å². The molecule has 1 heterocycles. The van der Waals surface area contributed by atoms with E-state index in [2.05, 4.69) is 73.0 Å². The minimum absolute atomic E-state index is 0.969. The Labute approximate surface area is 127 Å².